The highest BCUT2D eigenvalue weighted by atomic mass is 16.4. The molecule has 0 amide bonds. The number of nitrogens with zero attached hydrogens (tertiary/aromatic N) is 1. The number of aliphatic hydroxyl groups is 1. The highest BCUT2D eigenvalue weighted by Crippen LogP contribution is 2.37. The Labute approximate surface area is 114 Å². The molecule has 0 aliphatic rings. The monoisotopic (exact) mass is 261 g/mol. The summed E-state index contributed by atoms with van der Waals surface area (Å²) in [7, 11) is 4.03. The summed E-state index contributed by atoms with van der Waals surface area (Å²) in [5.74, 6) is 0.651. The predicted molar refractivity (Wildman–Crippen MR) is 78.2 cm³/mol. The van der Waals surface area contributed by atoms with E-state index in [0.717, 1.165) is 23.8 Å². The van der Waals surface area contributed by atoms with Gasteiger partial charge in [-0.3, -0.25) is 0 Å². The summed E-state index contributed by atoms with van der Waals surface area (Å²) in [4.78, 5) is 2.10. The van der Waals surface area contributed by atoms with Crippen LogP contribution >= 0.6 is 0 Å². The van der Waals surface area contributed by atoms with Crippen molar-refractivity contribution in [3.05, 3.63) is 36.1 Å². The van der Waals surface area contributed by atoms with Crippen LogP contribution in [0.3, 0.4) is 0 Å². The molecule has 0 aliphatic heterocycles. The lowest BCUT2D eigenvalue weighted by Gasteiger charge is -2.41. The van der Waals surface area contributed by atoms with Gasteiger partial charge < -0.3 is 14.4 Å². The topological polar surface area (TPSA) is 36.6 Å². The van der Waals surface area contributed by atoms with Gasteiger partial charge in [-0.15, -0.1) is 0 Å². The van der Waals surface area contributed by atoms with Crippen LogP contribution in [0.2, 0.25) is 0 Å². The van der Waals surface area contributed by atoms with Crippen molar-refractivity contribution in [1.82, 2.24) is 4.90 Å². The normalized spacial score (nSPS) is 14.2. The summed E-state index contributed by atoms with van der Waals surface area (Å²) in [6.45, 7) is 4.21. The molecule has 1 unspecified atom stereocenters. The Hall–Kier alpha value is -1.32. The Balaban J connectivity index is 2.44. The molecule has 0 radical (unpaired) electrons. The number of fused-ring (bicyclic) bond motifs is 1. The van der Waals surface area contributed by atoms with E-state index in [-0.39, 0.29) is 5.54 Å². The van der Waals surface area contributed by atoms with E-state index in [9.17, 15) is 5.11 Å². The molecular formula is C16H23NO2. The van der Waals surface area contributed by atoms with Gasteiger partial charge in [0.15, 0.2) is 0 Å². The molecule has 2 aromatic rings. The number of para-hydroxylation sites is 1. The molecule has 104 valence electrons. The van der Waals surface area contributed by atoms with Crippen LogP contribution in [0.25, 0.3) is 11.0 Å². The summed E-state index contributed by atoms with van der Waals surface area (Å²) >= 11 is 0. The van der Waals surface area contributed by atoms with Gasteiger partial charge in [0.25, 0.3) is 0 Å². The molecule has 0 spiro atoms. The van der Waals surface area contributed by atoms with Crippen molar-refractivity contribution >= 4 is 11.0 Å². The Morgan fingerprint density at radius 3 is 2.37 bits per heavy atom. The Bertz CT molecular complexity index is 507. The second kappa shape index (κ2) is 5.35. The number of rotatable bonds is 5. The van der Waals surface area contributed by atoms with Crippen LogP contribution < -0.4 is 0 Å². The summed E-state index contributed by atoms with van der Waals surface area (Å²) < 4.78 is 5.81. The van der Waals surface area contributed by atoms with Gasteiger partial charge in [-0.25, -0.2) is 0 Å². The number of benzene rings is 1. The van der Waals surface area contributed by atoms with Gasteiger partial charge in [0.2, 0.25) is 0 Å². The minimum atomic E-state index is -0.620. The predicted octanol–water partition coefficient (Wildman–Crippen LogP) is 3.59. The zero-order valence-corrected chi connectivity index (χ0v) is 12.2. The molecular weight excluding hydrogens is 238 g/mol. The van der Waals surface area contributed by atoms with Gasteiger partial charge in [-0.1, -0.05) is 32.0 Å². The van der Waals surface area contributed by atoms with E-state index >= 15 is 0 Å². The van der Waals surface area contributed by atoms with Crippen molar-refractivity contribution in [3.63, 3.8) is 0 Å². The minimum absolute atomic E-state index is 0.284. The lowest BCUT2D eigenvalue weighted by molar-refractivity contribution is -0.0259. The van der Waals surface area contributed by atoms with Gasteiger partial charge in [-0.05, 0) is 39.1 Å². The van der Waals surface area contributed by atoms with Crippen molar-refractivity contribution in [3.8, 4) is 0 Å². The second-order valence-electron chi connectivity index (χ2n) is 5.29. The Morgan fingerprint density at radius 1 is 1.21 bits per heavy atom. The molecule has 2 rings (SSSR count). The van der Waals surface area contributed by atoms with E-state index in [1.807, 2.05) is 44.4 Å². The largest absolute Gasteiger partial charge is 0.458 e. The molecule has 0 fully saturated rings. The smallest absolute Gasteiger partial charge is 0.135 e. The third-order valence-corrected chi connectivity index (χ3v) is 4.34. The highest BCUT2D eigenvalue weighted by Gasteiger charge is 2.39. The number of furan rings is 1. The quantitative estimate of drug-likeness (QED) is 0.893. The third-order valence-electron chi connectivity index (χ3n) is 4.34. The summed E-state index contributed by atoms with van der Waals surface area (Å²) in [5, 5.41) is 11.8. The van der Waals surface area contributed by atoms with Gasteiger partial charge in [0, 0.05) is 5.39 Å². The van der Waals surface area contributed by atoms with E-state index in [2.05, 4.69) is 18.7 Å². The maximum Gasteiger partial charge on any atom is 0.135 e. The fourth-order valence-electron chi connectivity index (χ4n) is 2.92. The molecule has 0 bridgehead atoms. The first-order valence-electron chi connectivity index (χ1n) is 6.89. The molecule has 0 saturated heterocycles. The molecule has 3 nitrogen and oxygen atoms in total. The number of likely N-dealkylation sites (N-methyl/N-ethyl adjacent to an activating group) is 1. The lowest BCUT2D eigenvalue weighted by Crippen LogP contribution is -2.48. The Kier molecular flexibility index (Phi) is 3.97. The van der Waals surface area contributed by atoms with E-state index in [4.69, 9.17) is 4.42 Å². The van der Waals surface area contributed by atoms with Gasteiger partial charge in [-0.2, -0.15) is 0 Å². The van der Waals surface area contributed by atoms with Gasteiger partial charge in [0.1, 0.15) is 17.4 Å². The van der Waals surface area contributed by atoms with E-state index in [0.29, 0.717) is 5.76 Å². The first kappa shape index (κ1) is 14.1. The zero-order valence-electron chi connectivity index (χ0n) is 12.2. The summed E-state index contributed by atoms with van der Waals surface area (Å²) in [6.07, 6.45) is 1.12. The molecule has 1 N–H and O–H groups in total. The van der Waals surface area contributed by atoms with Crippen LogP contribution in [0.15, 0.2) is 34.7 Å². The van der Waals surface area contributed by atoms with Crippen molar-refractivity contribution < 1.29 is 9.52 Å². The first-order valence-corrected chi connectivity index (χ1v) is 6.89. The average Bonchev–Trinajstić information content (AvgIpc) is 2.83. The number of aliphatic hydroxyl groups excluding tert-OH is 1. The second-order valence-corrected chi connectivity index (χ2v) is 5.29. The van der Waals surface area contributed by atoms with E-state index in [1.54, 1.807) is 0 Å². The van der Waals surface area contributed by atoms with E-state index < -0.39 is 6.10 Å². The molecule has 3 heteroatoms. The Morgan fingerprint density at radius 2 is 1.84 bits per heavy atom. The third kappa shape index (κ3) is 2.28. The maximum atomic E-state index is 10.8. The first-order chi connectivity index (χ1) is 9.05. The number of hydrogen-bond donors (Lipinski definition) is 1. The summed E-state index contributed by atoms with van der Waals surface area (Å²) in [6, 6.07) is 9.81. The van der Waals surface area contributed by atoms with Crippen molar-refractivity contribution in [2.24, 2.45) is 0 Å². The molecule has 0 aliphatic carbocycles. The zero-order chi connectivity index (χ0) is 14.0. The minimum Gasteiger partial charge on any atom is -0.458 e. The molecule has 19 heavy (non-hydrogen) atoms. The lowest BCUT2D eigenvalue weighted by atomic mass is 9.84. The van der Waals surface area contributed by atoms with Gasteiger partial charge >= 0.3 is 0 Å². The average molecular weight is 261 g/mol. The SMILES string of the molecule is CCC(CC)(C(O)c1cc2ccccc2o1)N(C)C. The van der Waals surface area contributed by atoms with Gasteiger partial charge in [0.05, 0.1) is 5.54 Å². The van der Waals surface area contributed by atoms with Crippen molar-refractivity contribution in [1.29, 1.82) is 0 Å². The maximum absolute atomic E-state index is 10.8. The fourth-order valence-corrected chi connectivity index (χ4v) is 2.92. The molecule has 0 saturated carbocycles. The van der Waals surface area contributed by atoms with Crippen LogP contribution in [0.5, 0.6) is 0 Å². The fraction of sp³-hybridized carbons (Fsp3) is 0.500. The van der Waals surface area contributed by atoms with Crippen LogP contribution in [0, 0.1) is 0 Å². The van der Waals surface area contributed by atoms with Crippen molar-refractivity contribution in [2.75, 3.05) is 14.1 Å². The van der Waals surface area contributed by atoms with Crippen LogP contribution in [0.4, 0.5) is 0 Å². The molecule has 1 aromatic carbocycles. The molecule has 1 heterocycles. The van der Waals surface area contributed by atoms with E-state index in [1.165, 1.54) is 0 Å². The standard InChI is InChI=1S/C16H23NO2/c1-5-16(6-2,17(3)4)15(18)14-11-12-9-7-8-10-13(12)19-14/h7-11,15,18H,5-6H2,1-4H3. The number of hydrogen-bond acceptors (Lipinski definition) is 3. The molecule has 1 atom stereocenters. The van der Waals surface area contributed by atoms with Crippen LogP contribution in [-0.4, -0.2) is 29.6 Å². The van der Waals surface area contributed by atoms with Crippen LogP contribution in [-0.2, 0) is 0 Å². The summed E-state index contributed by atoms with van der Waals surface area (Å²) in [5.41, 5.74) is 0.546. The highest BCUT2D eigenvalue weighted by molar-refractivity contribution is 5.77. The molecule has 1 aromatic heterocycles. The van der Waals surface area contributed by atoms with Crippen LogP contribution in [0.1, 0.15) is 38.6 Å². The van der Waals surface area contributed by atoms with Crippen molar-refractivity contribution in [2.45, 2.75) is 38.3 Å².